The molecule has 125 heavy (non-hydrogen) atoms. The number of carbonyl (C=O) groups excluding carboxylic acids is 8. The monoisotopic (exact) mass is 1800 g/mol. The fraction of sp³-hybridized carbons (Fsp3) is 0.859. The molecule has 40 heteroatoms. The van der Waals surface area contributed by atoms with E-state index in [1.807, 2.05) is 0 Å². The lowest BCUT2D eigenvalue weighted by molar-refractivity contribution is -0.169. The Morgan fingerprint density at radius 2 is 0.328 bits per heavy atom. The van der Waals surface area contributed by atoms with Crippen molar-refractivity contribution in [1.82, 2.24) is 42.5 Å². The van der Waals surface area contributed by atoms with Crippen LogP contribution in [-0.2, 0) is 133 Å². The Balaban J connectivity index is 5.46. The minimum Gasteiger partial charge on any atom is -0.481 e. The van der Waals surface area contributed by atoms with Crippen LogP contribution in [0, 0.1) is 0 Å². The third-order valence-electron chi connectivity index (χ3n) is 18.2. The lowest BCUT2D eigenvalue weighted by Crippen LogP contribution is -2.48. The topological polar surface area (TPSA) is 530 Å². The highest BCUT2D eigenvalue weighted by molar-refractivity contribution is 5.78. The van der Waals surface area contributed by atoms with Gasteiger partial charge in [-0.05, 0) is 57.8 Å². The van der Waals surface area contributed by atoms with Crippen LogP contribution in [0.4, 0.5) is 0 Å². The largest absolute Gasteiger partial charge is 0.481 e. The predicted molar refractivity (Wildman–Crippen MR) is 458 cm³/mol. The van der Waals surface area contributed by atoms with E-state index in [-0.39, 0.29) is 309 Å². The van der Waals surface area contributed by atoms with E-state index in [4.69, 9.17) is 96.2 Å². The van der Waals surface area contributed by atoms with E-state index in [0.717, 1.165) is 103 Å². The third kappa shape index (κ3) is 93.0. The van der Waals surface area contributed by atoms with Gasteiger partial charge in [-0.15, -0.1) is 0 Å². The van der Waals surface area contributed by atoms with E-state index in [0.29, 0.717) is 105 Å². The molecule has 0 aromatic rings. The van der Waals surface area contributed by atoms with Crippen molar-refractivity contribution in [1.29, 1.82) is 0 Å². The standard InChI is InChI=1S/C85H156N8O32/c94-73(90-38-50-114-58-66-118-62-54-110-43-27-74(95)86-34-17-9-1-5-13-23-81(102)103)22-21-42-125-85(70-122-47-31-78(99)91-39-51-115-59-67-119-63-55-111-44-28-75(96)87-35-18-10-2-6-14-24-82(104)105,71-123-48-32-79(100)92-40-52-116-60-68-120-64-56-112-45-29-76(97)88-36-19-11-3-7-15-25-83(106)107)72-124-49-33-80(101)93-41-53-117-61-69-121-65-57-113-46-30-77(98)89-37-20-12-4-8-16-26-84(108)109/h1-72H2,(H,86,95)(H,87,96)(H,88,97)(H,89,98)(H,90,94)(H,91,99)(H,92,100)(H,93,101)(H,102,103)(H,104,105)(H,106,107)(H,108,109). The van der Waals surface area contributed by atoms with Gasteiger partial charge in [-0.25, -0.2) is 0 Å². The van der Waals surface area contributed by atoms with Crippen LogP contribution in [0.15, 0.2) is 0 Å². The van der Waals surface area contributed by atoms with Crippen LogP contribution in [0.1, 0.15) is 212 Å². The number of carboxylic acids is 4. The number of carboxylic acid groups (broad SMARTS) is 4. The molecule has 0 rings (SSSR count). The molecule has 0 unspecified atom stereocenters. The first-order chi connectivity index (χ1) is 60.8. The molecule has 0 spiro atoms. The zero-order chi connectivity index (χ0) is 91.3. The molecule has 0 aliphatic carbocycles. The first-order valence-corrected chi connectivity index (χ1v) is 45.1. The molecule has 40 nitrogen and oxygen atoms in total. The van der Waals surface area contributed by atoms with Crippen LogP contribution in [0.2, 0.25) is 0 Å². The molecule has 0 atom stereocenters. The molecule has 0 fully saturated rings. The second-order valence-electron chi connectivity index (χ2n) is 29.3. The summed E-state index contributed by atoms with van der Waals surface area (Å²) in [5.74, 6) is -4.81. The highest BCUT2D eigenvalue weighted by Crippen LogP contribution is 2.18. The van der Waals surface area contributed by atoms with Crippen molar-refractivity contribution in [2.45, 2.75) is 217 Å². The average molecular weight is 1800 g/mol. The number of hydrogen-bond donors (Lipinski definition) is 12. The number of nitrogens with one attached hydrogen (secondary N) is 8. The summed E-state index contributed by atoms with van der Waals surface area (Å²) in [5.41, 5.74) is -1.37. The lowest BCUT2D eigenvalue weighted by Gasteiger charge is -2.33. The van der Waals surface area contributed by atoms with Gasteiger partial charge in [0.15, 0.2) is 0 Å². The number of unbranched alkanes of at least 4 members (excludes halogenated alkanes) is 16. The predicted octanol–water partition coefficient (Wildman–Crippen LogP) is 4.13. The SMILES string of the molecule is O=C(O)CCCCCCCNC(=O)CCOCCOCCOCCNC(=O)CCCOC(COCCC(=O)NCCOCCOCCOCCC(=O)NCCCCCCCC(=O)O)(COCCC(=O)NCCOCCOCCOCCC(=O)NCCCCCCCC(=O)O)COCCC(=O)NCCOCCOCCOCCC(=O)NCCCCCCCC(=O)O. The third-order valence-corrected chi connectivity index (χ3v) is 18.2. The number of ether oxygens (including phenoxy) is 16. The minimum atomic E-state index is -1.37. The molecule has 8 amide bonds. The van der Waals surface area contributed by atoms with E-state index in [1.54, 1.807) is 0 Å². The molecule has 0 aromatic heterocycles. The van der Waals surface area contributed by atoms with Crippen molar-refractivity contribution < 1.29 is 154 Å². The number of aliphatic carboxylic acids is 4. The summed E-state index contributed by atoms with van der Waals surface area (Å²) in [4.78, 5) is 143. The molecular formula is C85H156N8O32. The normalized spacial score (nSPS) is 11.3. The summed E-state index contributed by atoms with van der Waals surface area (Å²) >= 11 is 0. The Hall–Kier alpha value is -7.00. The van der Waals surface area contributed by atoms with Gasteiger partial charge in [0.25, 0.3) is 0 Å². The molecule has 0 aliphatic rings. The maximum absolute atomic E-state index is 13.0. The van der Waals surface area contributed by atoms with Crippen LogP contribution >= 0.6 is 0 Å². The molecular weight excluding hydrogens is 1640 g/mol. The molecule has 0 bridgehead atoms. The van der Waals surface area contributed by atoms with E-state index < -0.39 is 29.5 Å². The maximum Gasteiger partial charge on any atom is 0.303 e. The van der Waals surface area contributed by atoms with Crippen LogP contribution < -0.4 is 42.5 Å². The highest BCUT2D eigenvalue weighted by Gasteiger charge is 2.34. The zero-order valence-electron chi connectivity index (χ0n) is 74.6. The fourth-order valence-corrected chi connectivity index (χ4v) is 11.3. The van der Waals surface area contributed by atoms with E-state index in [2.05, 4.69) is 42.5 Å². The van der Waals surface area contributed by atoms with Gasteiger partial charge in [-0.1, -0.05) is 77.0 Å². The van der Waals surface area contributed by atoms with Gasteiger partial charge in [0.1, 0.15) is 5.60 Å². The van der Waals surface area contributed by atoms with Crippen molar-refractivity contribution in [2.75, 3.05) is 257 Å². The molecule has 0 saturated heterocycles. The van der Waals surface area contributed by atoms with Crippen molar-refractivity contribution in [3.8, 4) is 0 Å². The van der Waals surface area contributed by atoms with Gasteiger partial charge >= 0.3 is 23.9 Å². The highest BCUT2D eigenvalue weighted by atomic mass is 16.6. The molecule has 0 radical (unpaired) electrons. The minimum absolute atomic E-state index is 0.0162. The second kappa shape index (κ2) is 91.7. The van der Waals surface area contributed by atoms with Crippen molar-refractivity contribution in [3.05, 3.63) is 0 Å². The summed E-state index contributed by atoms with van der Waals surface area (Å²) in [6, 6.07) is 0. The van der Waals surface area contributed by atoms with Crippen LogP contribution in [0.25, 0.3) is 0 Å². The number of hydrogen-bond acceptors (Lipinski definition) is 28. The molecule has 728 valence electrons. The number of carbonyl (C=O) groups is 12. The quantitative estimate of drug-likeness (QED) is 0.0381. The Bertz CT molecular complexity index is 2330. The first-order valence-electron chi connectivity index (χ1n) is 45.1. The molecule has 0 aliphatic heterocycles. The van der Waals surface area contributed by atoms with Crippen molar-refractivity contribution in [2.24, 2.45) is 0 Å². The molecule has 12 N–H and O–H groups in total. The fourth-order valence-electron chi connectivity index (χ4n) is 11.3. The summed E-state index contributed by atoms with van der Waals surface area (Å²) in [5, 5.41) is 57.6. The summed E-state index contributed by atoms with van der Waals surface area (Å²) in [6.07, 6.45) is 18.4. The van der Waals surface area contributed by atoms with Gasteiger partial charge in [0, 0.05) is 136 Å². The second-order valence-corrected chi connectivity index (χ2v) is 29.3. The van der Waals surface area contributed by atoms with Gasteiger partial charge in [0.05, 0.1) is 198 Å². The molecule has 0 saturated carbocycles. The smallest absolute Gasteiger partial charge is 0.303 e. The summed E-state index contributed by atoms with van der Waals surface area (Å²) in [7, 11) is 0. The Morgan fingerprint density at radius 3 is 0.544 bits per heavy atom. The van der Waals surface area contributed by atoms with Gasteiger partial charge < -0.3 is 139 Å². The van der Waals surface area contributed by atoms with Crippen LogP contribution in [0.5, 0.6) is 0 Å². The van der Waals surface area contributed by atoms with Gasteiger partial charge in [-0.3, -0.25) is 57.5 Å². The van der Waals surface area contributed by atoms with Crippen molar-refractivity contribution in [3.63, 3.8) is 0 Å². The first kappa shape index (κ1) is 118. The number of rotatable bonds is 100. The summed E-state index contributed by atoms with van der Waals surface area (Å²) in [6.45, 7) is 8.80. The van der Waals surface area contributed by atoms with Crippen LogP contribution in [-0.4, -0.2) is 354 Å². The Labute approximate surface area is 739 Å². The zero-order valence-corrected chi connectivity index (χ0v) is 74.6. The van der Waals surface area contributed by atoms with Gasteiger partial charge in [-0.2, -0.15) is 0 Å². The molecule has 0 aromatic carbocycles. The average Bonchev–Trinajstić information content (AvgIpc) is 0.865. The molecule has 0 heterocycles. The van der Waals surface area contributed by atoms with Crippen LogP contribution in [0.3, 0.4) is 0 Å². The van der Waals surface area contributed by atoms with E-state index >= 15 is 0 Å². The van der Waals surface area contributed by atoms with E-state index in [1.165, 1.54) is 0 Å². The summed E-state index contributed by atoms with van der Waals surface area (Å²) < 4.78 is 91.6. The Morgan fingerprint density at radius 1 is 0.160 bits per heavy atom. The lowest BCUT2D eigenvalue weighted by atomic mass is 10.1. The van der Waals surface area contributed by atoms with Crippen molar-refractivity contribution >= 4 is 71.1 Å². The number of amides is 8. The maximum atomic E-state index is 13.0. The van der Waals surface area contributed by atoms with E-state index in [9.17, 15) is 57.5 Å². The Kier molecular flexibility index (Phi) is 86.6. The van der Waals surface area contributed by atoms with Gasteiger partial charge in [0.2, 0.25) is 47.3 Å².